The van der Waals surface area contributed by atoms with Crippen molar-refractivity contribution in [2.45, 2.75) is 0 Å². The molecule has 0 unspecified atom stereocenters. The molecule has 0 aliphatic rings. The number of urea groups is 1. The Bertz CT molecular complexity index is 1140. The summed E-state index contributed by atoms with van der Waals surface area (Å²) in [7, 11) is 1.85. The maximum Gasteiger partial charge on any atom is 0.323 e. The predicted molar refractivity (Wildman–Crippen MR) is 109 cm³/mol. The molecule has 2 amide bonds. The van der Waals surface area contributed by atoms with Crippen LogP contribution in [0, 0.1) is 0 Å². The lowest BCUT2D eigenvalue weighted by atomic mass is 10.2. The summed E-state index contributed by atoms with van der Waals surface area (Å²) in [5.41, 5.74) is 4.37. The van der Waals surface area contributed by atoms with Crippen LogP contribution in [0.25, 0.3) is 22.3 Å². The average Bonchev–Trinajstić information content (AvgIpc) is 3.09. The zero-order valence-electron chi connectivity index (χ0n) is 14.3. The van der Waals surface area contributed by atoms with Crippen LogP contribution >= 0.6 is 15.9 Å². The first-order valence-corrected chi connectivity index (χ1v) is 8.96. The van der Waals surface area contributed by atoms with Crippen molar-refractivity contribution in [3.63, 3.8) is 0 Å². The van der Waals surface area contributed by atoms with Crippen molar-refractivity contribution in [3.8, 4) is 11.3 Å². The van der Waals surface area contributed by atoms with Crippen LogP contribution in [-0.2, 0) is 7.05 Å². The number of carbonyl (C=O) groups is 1. The van der Waals surface area contributed by atoms with Crippen LogP contribution < -0.4 is 10.6 Å². The minimum absolute atomic E-state index is 0.336. The lowest BCUT2D eigenvalue weighted by Crippen LogP contribution is -2.19. The first-order valence-electron chi connectivity index (χ1n) is 8.17. The highest BCUT2D eigenvalue weighted by molar-refractivity contribution is 9.10. The van der Waals surface area contributed by atoms with Gasteiger partial charge >= 0.3 is 6.03 Å². The third-order valence-corrected chi connectivity index (χ3v) is 4.61. The van der Waals surface area contributed by atoms with Gasteiger partial charge in [-0.25, -0.2) is 9.78 Å². The summed E-state index contributed by atoms with van der Waals surface area (Å²) in [6, 6.07) is 12.5. The Morgan fingerprint density at radius 1 is 1.07 bits per heavy atom. The van der Waals surface area contributed by atoms with Crippen LogP contribution in [0.2, 0.25) is 0 Å². The molecule has 0 saturated carbocycles. The van der Waals surface area contributed by atoms with E-state index in [0.717, 1.165) is 21.2 Å². The lowest BCUT2D eigenvalue weighted by molar-refractivity contribution is 0.262. The van der Waals surface area contributed by atoms with Gasteiger partial charge in [0.15, 0.2) is 0 Å². The number of halogens is 1. The lowest BCUT2D eigenvalue weighted by Gasteiger charge is -2.09. The number of fused-ring (bicyclic) bond motifs is 1. The van der Waals surface area contributed by atoms with Gasteiger partial charge in [-0.05, 0) is 46.3 Å². The molecule has 2 heterocycles. The number of aromatic nitrogens is 4. The number of nitrogens with zero attached hydrogens (tertiary/aromatic N) is 4. The van der Waals surface area contributed by atoms with E-state index in [9.17, 15) is 4.79 Å². The molecule has 2 N–H and O–H groups in total. The number of hydrogen-bond acceptors (Lipinski definition) is 4. The normalized spacial score (nSPS) is 10.7. The number of para-hydroxylation sites is 1. The number of rotatable bonds is 3. The molecule has 4 rings (SSSR count). The van der Waals surface area contributed by atoms with E-state index in [-0.39, 0.29) is 6.03 Å². The fraction of sp³-hybridized carbons (Fsp3) is 0.0526. The highest BCUT2D eigenvalue weighted by atomic mass is 79.9. The van der Waals surface area contributed by atoms with E-state index >= 15 is 0 Å². The largest absolute Gasteiger partial charge is 0.323 e. The summed E-state index contributed by atoms with van der Waals surface area (Å²) in [6.45, 7) is 0. The summed E-state index contributed by atoms with van der Waals surface area (Å²) in [6.07, 6.45) is 5.33. The second-order valence-corrected chi connectivity index (χ2v) is 6.77. The molecule has 27 heavy (non-hydrogen) atoms. The average molecular weight is 423 g/mol. The minimum atomic E-state index is -0.336. The van der Waals surface area contributed by atoms with Crippen molar-refractivity contribution in [2.24, 2.45) is 7.05 Å². The van der Waals surface area contributed by atoms with E-state index in [0.29, 0.717) is 16.9 Å². The summed E-state index contributed by atoms with van der Waals surface area (Å²) in [5.74, 6) is 0. The Hall–Kier alpha value is -3.26. The van der Waals surface area contributed by atoms with Gasteiger partial charge in [0.25, 0.3) is 0 Å². The monoisotopic (exact) mass is 422 g/mol. The first-order chi connectivity index (χ1) is 13.1. The van der Waals surface area contributed by atoms with Crippen LogP contribution in [0.4, 0.5) is 16.2 Å². The topological polar surface area (TPSA) is 84.7 Å². The van der Waals surface area contributed by atoms with Crippen molar-refractivity contribution in [3.05, 3.63) is 65.5 Å². The SMILES string of the molecule is Cn1cc(-c2cnc3ccc(NC(=O)Nc4ccccc4Br)cc3n2)cn1. The number of nitrogens with one attached hydrogen (secondary N) is 2. The van der Waals surface area contributed by atoms with Crippen molar-refractivity contribution < 1.29 is 4.79 Å². The van der Waals surface area contributed by atoms with Crippen LogP contribution in [0.1, 0.15) is 0 Å². The van der Waals surface area contributed by atoms with E-state index in [1.807, 2.05) is 43.6 Å². The molecule has 0 aliphatic carbocycles. The minimum Gasteiger partial charge on any atom is -0.308 e. The van der Waals surface area contributed by atoms with Gasteiger partial charge < -0.3 is 10.6 Å². The molecule has 8 heteroatoms. The van der Waals surface area contributed by atoms with Gasteiger partial charge in [-0.15, -0.1) is 0 Å². The second kappa shape index (κ2) is 7.16. The Kier molecular flexibility index (Phi) is 4.55. The Morgan fingerprint density at radius 3 is 2.70 bits per heavy atom. The molecule has 0 bridgehead atoms. The number of carbonyl (C=O) groups excluding carboxylic acids is 1. The van der Waals surface area contributed by atoms with E-state index in [4.69, 9.17) is 0 Å². The Balaban J connectivity index is 1.57. The summed E-state index contributed by atoms with van der Waals surface area (Å²) >= 11 is 3.41. The molecule has 7 nitrogen and oxygen atoms in total. The van der Waals surface area contributed by atoms with Gasteiger partial charge in [0, 0.05) is 29.0 Å². The molecule has 0 spiro atoms. The van der Waals surface area contributed by atoms with E-state index in [1.165, 1.54) is 0 Å². The summed E-state index contributed by atoms with van der Waals surface area (Å²) in [4.78, 5) is 21.3. The number of aryl methyl sites for hydroxylation is 1. The van der Waals surface area contributed by atoms with Crippen molar-refractivity contribution >= 4 is 44.4 Å². The molecular formula is C19H15BrN6O. The predicted octanol–water partition coefficient (Wildman–Crippen LogP) is 4.44. The van der Waals surface area contributed by atoms with Crippen LogP contribution in [0.5, 0.6) is 0 Å². The maximum atomic E-state index is 12.3. The number of hydrogen-bond donors (Lipinski definition) is 2. The molecule has 0 atom stereocenters. The summed E-state index contributed by atoms with van der Waals surface area (Å²) in [5, 5.41) is 9.78. The fourth-order valence-electron chi connectivity index (χ4n) is 2.63. The van der Waals surface area contributed by atoms with Gasteiger partial charge in [0.2, 0.25) is 0 Å². The van der Waals surface area contributed by atoms with Crippen LogP contribution in [0.3, 0.4) is 0 Å². The van der Waals surface area contributed by atoms with E-state index in [2.05, 4.69) is 41.6 Å². The molecule has 2 aromatic carbocycles. The Labute approximate surface area is 163 Å². The van der Waals surface area contributed by atoms with Gasteiger partial charge in [-0.1, -0.05) is 12.1 Å². The van der Waals surface area contributed by atoms with Crippen LogP contribution in [0.15, 0.2) is 65.5 Å². The first kappa shape index (κ1) is 17.2. The highest BCUT2D eigenvalue weighted by Gasteiger charge is 2.08. The van der Waals surface area contributed by atoms with Crippen molar-refractivity contribution in [1.29, 1.82) is 0 Å². The van der Waals surface area contributed by atoms with E-state index < -0.39 is 0 Å². The zero-order chi connectivity index (χ0) is 18.8. The standard InChI is InChI=1S/C19H15BrN6O/c1-26-11-12(9-22-26)18-10-21-16-7-6-13(8-17(16)24-18)23-19(27)25-15-5-3-2-4-14(15)20/h2-11H,1H3,(H2,23,25,27). The molecule has 134 valence electrons. The summed E-state index contributed by atoms with van der Waals surface area (Å²) < 4.78 is 2.52. The van der Waals surface area contributed by atoms with Crippen molar-refractivity contribution in [2.75, 3.05) is 10.6 Å². The van der Waals surface area contributed by atoms with Gasteiger partial charge in [-0.3, -0.25) is 9.67 Å². The van der Waals surface area contributed by atoms with Gasteiger partial charge in [0.05, 0.1) is 34.8 Å². The van der Waals surface area contributed by atoms with Gasteiger partial charge in [0.1, 0.15) is 0 Å². The number of amides is 2. The molecule has 4 aromatic rings. The maximum absolute atomic E-state index is 12.3. The van der Waals surface area contributed by atoms with Gasteiger partial charge in [-0.2, -0.15) is 5.10 Å². The zero-order valence-corrected chi connectivity index (χ0v) is 15.9. The fourth-order valence-corrected chi connectivity index (χ4v) is 3.01. The van der Waals surface area contributed by atoms with Crippen LogP contribution in [-0.4, -0.2) is 25.8 Å². The number of benzene rings is 2. The van der Waals surface area contributed by atoms with E-state index in [1.54, 1.807) is 29.2 Å². The van der Waals surface area contributed by atoms with Crippen molar-refractivity contribution in [1.82, 2.24) is 19.7 Å². The smallest absolute Gasteiger partial charge is 0.308 e. The third-order valence-electron chi connectivity index (χ3n) is 3.92. The molecule has 0 radical (unpaired) electrons. The quantitative estimate of drug-likeness (QED) is 0.511. The molecule has 2 aromatic heterocycles. The molecule has 0 aliphatic heterocycles. The molecular weight excluding hydrogens is 408 g/mol. The number of anilines is 2. The third kappa shape index (κ3) is 3.80. The molecule has 0 fully saturated rings. The molecule has 0 saturated heterocycles. The Morgan fingerprint density at radius 2 is 1.93 bits per heavy atom. The second-order valence-electron chi connectivity index (χ2n) is 5.92. The highest BCUT2D eigenvalue weighted by Crippen LogP contribution is 2.23.